The Kier molecular flexibility index (Phi) is 6.08. The van der Waals surface area contributed by atoms with Gasteiger partial charge in [-0.25, -0.2) is 0 Å². The number of carboxylic acid groups (broad SMARTS) is 1. The molecule has 0 saturated carbocycles. The molecule has 102 valence electrons. The molecule has 2 N–H and O–H groups in total. The van der Waals surface area contributed by atoms with E-state index >= 15 is 0 Å². The highest BCUT2D eigenvalue weighted by molar-refractivity contribution is 7.87. The average molecular weight is 266 g/mol. The lowest BCUT2D eigenvalue weighted by Gasteiger charge is -2.27. The molecule has 0 aliphatic rings. The van der Waals surface area contributed by atoms with E-state index in [-0.39, 0.29) is 6.42 Å². The summed E-state index contributed by atoms with van der Waals surface area (Å²) < 4.78 is 27.3. The van der Waals surface area contributed by atoms with E-state index in [1.54, 1.807) is 13.8 Å². The van der Waals surface area contributed by atoms with E-state index < -0.39 is 21.7 Å². The minimum Gasteiger partial charge on any atom is -0.481 e. The van der Waals surface area contributed by atoms with Crippen molar-refractivity contribution in [3.63, 3.8) is 0 Å². The lowest BCUT2D eigenvalue weighted by molar-refractivity contribution is -0.138. The molecule has 0 amide bonds. The second-order valence-corrected chi connectivity index (χ2v) is 6.51. The summed E-state index contributed by atoms with van der Waals surface area (Å²) in [6.45, 7) is 5.50. The Hall–Kier alpha value is -0.660. The van der Waals surface area contributed by atoms with E-state index in [0.717, 1.165) is 12.8 Å². The Balaban J connectivity index is 4.57. The maximum absolute atomic E-state index is 11.9. The van der Waals surface area contributed by atoms with Gasteiger partial charge in [-0.3, -0.25) is 4.79 Å². The van der Waals surface area contributed by atoms with Crippen LogP contribution in [0.5, 0.6) is 0 Å². The highest BCUT2D eigenvalue weighted by atomic mass is 32.2. The van der Waals surface area contributed by atoms with Gasteiger partial charge < -0.3 is 5.11 Å². The lowest BCUT2D eigenvalue weighted by Crippen LogP contribution is -2.50. The van der Waals surface area contributed by atoms with Crippen LogP contribution in [0.25, 0.3) is 0 Å². The van der Waals surface area contributed by atoms with Crippen LogP contribution in [0.15, 0.2) is 0 Å². The normalized spacial score (nSPS) is 13.0. The first-order valence-electron chi connectivity index (χ1n) is 5.58. The molecular weight excluding hydrogens is 244 g/mol. The smallest absolute Gasteiger partial charge is 0.305 e. The van der Waals surface area contributed by atoms with Crippen molar-refractivity contribution >= 4 is 16.2 Å². The van der Waals surface area contributed by atoms with Gasteiger partial charge in [0.2, 0.25) is 0 Å². The van der Waals surface area contributed by atoms with Crippen molar-refractivity contribution in [3.05, 3.63) is 0 Å². The zero-order chi connectivity index (χ0) is 13.7. The van der Waals surface area contributed by atoms with E-state index in [0.29, 0.717) is 6.54 Å². The summed E-state index contributed by atoms with van der Waals surface area (Å²) in [7, 11) is -2.13. The summed E-state index contributed by atoms with van der Waals surface area (Å²) in [6.07, 6.45) is 1.42. The van der Waals surface area contributed by atoms with Gasteiger partial charge in [0.25, 0.3) is 10.2 Å². The molecule has 0 atom stereocenters. The monoisotopic (exact) mass is 266 g/mol. The number of hydrogen-bond acceptors (Lipinski definition) is 3. The molecule has 6 nitrogen and oxygen atoms in total. The quantitative estimate of drug-likeness (QED) is 0.680. The van der Waals surface area contributed by atoms with Crippen LogP contribution in [0.1, 0.15) is 40.0 Å². The van der Waals surface area contributed by atoms with Crippen molar-refractivity contribution in [2.45, 2.75) is 45.6 Å². The molecule has 0 unspecified atom stereocenters. The first-order valence-corrected chi connectivity index (χ1v) is 7.02. The van der Waals surface area contributed by atoms with Gasteiger partial charge in [-0.1, -0.05) is 13.3 Å². The Labute approximate surface area is 103 Å². The molecule has 0 aliphatic heterocycles. The minimum absolute atomic E-state index is 0.256. The van der Waals surface area contributed by atoms with Crippen molar-refractivity contribution in [1.29, 1.82) is 0 Å². The van der Waals surface area contributed by atoms with Crippen LogP contribution in [0, 0.1) is 0 Å². The van der Waals surface area contributed by atoms with Crippen LogP contribution in [-0.4, -0.2) is 42.9 Å². The second kappa shape index (κ2) is 6.32. The van der Waals surface area contributed by atoms with E-state index in [4.69, 9.17) is 5.11 Å². The third-order valence-corrected chi connectivity index (χ3v) is 4.05. The van der Waals surface area contributed by atoms with Crippen LogP contribution in [-0.2, 0) is 15.0 Å². The summed E-state index contributed by atoms with van der Waals surface area (Å²) >= 11 is 0. The van der Waals surface area contributed by atoms with E-state index in [1.165, 1.54) is 11.4 Å². The maximum Gasteiger partial charge on any atom is 0.305 e. The molecular formula is C10H22N2O4S. The van der Waals surface area contributed by atoms with Crippen molar-refractivity contribution in [2.75, 3.05) is 13.6 Å². The first kappa shape index (κ1) is 16.3. The van der Waals surface area contributed by atoms with Crippen molar-refractivity contribution in [2.24, 2.45) is 0 Å². The van der Waals surface area contributed by atoms with Crippen LogP contribution >= 0.6 is 0 Å². The minimum atomic E-state index is -3.62. The summed E-state index contributed by atoms with van der Waals surface area (Å²) in [6, 6.07) is 0. The fraction of sp³-hybridized carbons (Fsp3) is 0.900. The van der Waals surface area contributed by atoms with Crippen molar-refractivity contribution in [1.82, 2.24) is 9.03 Å². The van der Waals surface area contributed by atoms with E-state index in [2.05, 4.69) is 4.72 Å². The molecule has 0 aromatic carbocycles. The van der Waals surface area contributed by atoms with Gasteiger partial charge >= 0.3 is 5.97 Å². The van der Waals surface area contributed by atoms with Gasteiger partial charge in [0.1, 0.15) is 0 Å². The number of unbranched alkanes of at least 4 members (excludes halogenated alkanes) is 1. The fourth-order valence-electron chi connectivity index (χ4n) is 1.34. The third-order valence-electron chi connectivity index (χ3n) is 2.24. The van der Waals surface area contributed by atoms with Crippen LogP contribution in [0.2, 0.25) is 0 Å². The Morgan fingerprint density at radius 2 is 1.94 bits per heavy atom. The average Bonchev–Trinajstić information content (AvgIpc) is 2.09. The topological polar surface area (TPSA) is 86.7 Å². The molecule has 0 rings (SSSR count). The van der Waals surface area contributed by atoms with Crippen LogP contribution < -0.4 is 4.72 Å². The zero-order valence-corrected chi connectivity index (χ0v) is 11.7. The largest absolute Gasteiger partial charge is 0.481 e. The Morgan fingerprint density at radius 3 is 2.35 bits per heavy atom. The van der Waals surface area contributed by atoms with Gasteiger partial charge in [0, 0.05) is 19.1 Å². The molecule has 0 bridgehead atoms. The molecule has 0 aromatic rings. The summed E-state index contributed by atoms with van der Waals surface area (Å²) in [5, 5.41) is 8.68. The number of rotatable bonds is 8. The standard InChI is InChI=1S/C10H22N2O4S/c1-5-6-7-12(4)17(15,16)11-10(2,3)8-9(13)14/h11H,5-8H2,1-4H3,(H,13,14). The molecule has 0 saturated heterocycles. The number of nitrogens with zero attached hydrogens (tertiary/aromatic N) is 1. The summed E-state index contributed by atoms with van der Waals surface area (Å²) in [4.78, 5) is 10.6. The molecule has 0 heterocycles. The SMILES string of the molecule is CCCCN(C)S(=O)(=O)NC(C)(C)CC(=O)O. The second-order valence-electron chi connectivity index (χ2n) is 4.74. The van der Waals surface area contributed by atoms with Gasteiger partial charge in [0.05, 0.1) is 6.42 Å². The molecule has 0 aromatic heterocycles. The molecule has 0 radical (unpaired) electrons. The van der Waals surface area contributed by atoms with E-state index in [9.17, 15) is 13.2 Å². The highest BCUT2D eigenvalue weighted by Crippen LogP contribution is 2.11. The molecule has 7 heteroatoms. The van der Waals surface area contributed by atoms with E-state index in [1.807, 2.05) is 6.92 Å². The first-order chi connectivity index (χ1) is 7.60. The molecule has 0 spiro atoms. The van der Waals surface area contributed by atoms with Crippen molar-refractivity contribution in [3.8, 4) is 0 Å². The molecule has 0 aliphatic carbocycles. The number of carbonyl (C=O) groups is 1. The fourth-order valence-corrected chi connectivity index (χ4v) is 2.64. The predicted molar refractivity (Wildman–Crippen MR) is 65.9 cm³/mol. The molecule has 0 fully saturated rings. The summed E-state index contributed by atoms with van der Waals surface area (Å²) in [5.74, 6) is -1.03. The maximum atomic E-state index is 11.9. The van der Waals surface area contributed by atoms with Gasteiger partial charge in [-0.05, 0) is 20.3 Å². The Bertz CT molecular complexity index is 351. The number of hydrogen-bond donors (Lipinski definition) is 2. The Morgan fingerprint density at radius 1 is 1.41 bits per heavy atom. The van der Waals surface area contributed by atoms with Crippen molar-refractivity contribution < 1.29 is 18.3 Å². The van der Waals surface area contributed by atoms with Gasteiger partial charge in [0.15, 0.2) is 0 Å². The lowest BCUT2D eigenvalue weighted by atomic mass is 10.0. The van der Waals surface area contributed by atoms with Gasteiger partial charge in [-0.2, -0.15) is 17.4 Å². The van der Waals surface area contributed by atoms with Crippen LogP contribution in [0.3, 0.4) is 0 Å². The van der Waals surface area contributed by atoms with Crippen LogP contribution in [0.4, 0.5) is 0 Å². The number of carboxylic acids is 1. The number of nitrogens with one attached hydrogen (secondary N) is 1. The zero-order valence-electron chi connectivity index (χ0n) is 10.9. The predicted octanol–water partition coefficient (Wildman–Crippen LogP) is 0.806. The highest BCUT2D eigenvalue weighted by Gasteiger charge is 2.29. The number of aliphatic carboxylic acids is 1. The molecule has 17 heavy (non-hydrogen) atoms. The third kappa shape index (κ3) is 6.60. The summed E-state index contributed by atoms with van der Waals surface area (Å²) in [5.41, 5.74) is -0.995. The van der Waals surface area contributed by atoms with Gasteiger partial charge in [-0.15, -0.1) is 0 Å².